The number of benzene rings is 3. The maximum absolute atomic E-state index is 13.0. The molecule has 9 heteroatoms. The van der Waals surface area contributed by atoms with Crippen molar-refractivity contribution in [2.45, 2.75) is 13.3 Å². The summed E-state index contributed by atoms with van der Waals surface area (Å²) in [5.41, 5.74) is 0. The van der Waals surface area contributed by atoms with Crippen molar-refractivity contribution in [3.8, 4) is 23.0 Å². The van der Waals surface area contributed by atoms with Gasteiger partial charge in [-0.25, -0.2) is 0 Å². The van der Waals surface area contributed by atoms with Crippen molar-refractivity contribution in [1.29, 1.82) is 0 Å². The SMILES string of the molecule is CCO.O=P([O-])(CC1COc2ccccc2OCCCOc2ccccc2OC1)c1ccccc1.[Li+]. The second kappa shape index (κ2) is 15.7. The topological polar surface area (TPSA) is 97.3 Å². The molecule has 7 nitrogen and oxygen atoms in total. The number of hydrogen-bond acceptors (Lipinski definition) is 7. The second-order valence-electron chi connectivity index (χ2n) is 7.94. The average Bonchev–Trinajstić information content (AvgIpc) is 2.87. The Morgan fingerprint density at radius 1 is 0.778 bits per heavy atom. The van der Waals surface area contributed by atoms with Crippen LogP contribution in [0.4, 0.5) is 0 Å². The van der Waals surface area contributed by atoms with Gasteiger partial charge in [-0.2, -0.15) is 0 Å². The smallest absolute Gasteiger partial charge is 0.796 e. The molecule has 0 amide bonds. The van der Waals surface area contributed by atoms with E-state index in [1.54, 1.807) is 37.3 Å². The summed E-state index contributed by atoms with van der Waals surface area (Å²) in [4.78, 5) is 13.0. The third kappa shape index (κ3) is 9.24. The van der Waals surface area contributed by atoms with Crippen molar-refractivity contribution in [3.05, 3.63) is 78.9 Å². The van der Waals surface area contributed by atoms with E-state index in [0.29, 0.717) is 47.9 Å². The van der Waals surface area contributed by atoms with Gasteiger partial charge in [0, 0.05) is 32.5 Å². The Hall–Kier alpha value is -2.39. The molecule has 0 saturated carbocycles. The molecule has 0 radical (unpaired) electrons. The third-order valence-corrected chi connectivity index (χ3v) is 7.18. The van der Waals surface area contributed by atoms with E-state index in [-0.39, 0.29) is 44.8 Å². The van der Waals surface area contributed by atoms with Gasteiger partial charge in [0.15, 0.2) is 23.0 Å². The van der Waals surface area contributed by atoms with Crippen molar-refractivity contribution >= 4 is 12.7 Å². The summed E-state index contributed by atoms with van der Waals surface area (Å²) in [5, 5.41) is 7.88. The van der Waals surface area contributed by atoms with Gasteiger partial charge in [-0.15, -0.1) is 0 Å². The van der Waals surface area contributed by atoms with Gasteiger partial charge in [-0.05, 0) is 36.5 Å². The van der Waals surface area contributed by atoms with E-state index in [1.165, 1.54) is 0 Å². The molecule has 1 aliphatic rings. The van der Waals surface area contributed by atoms with Crippen molar-refractivity contribution in [1.82, 2.24) is 0 Å². The first-order valence-electron chi connectivity index (χ1n) is 11.7. The van der Waals surface area contributed by atoms with Crippen LogP contribution in [-0.2, 0) is 4.57 Å². The summed E-state index contributed by atoms with van der Waals surface area (Å²) in [5.74, 6) is 2.01. The van der Waals surface area contributed by atoms with Crippen molar-refractivity contribution in [2.75, 3.05) is 39.2 Å². The molecule has 4 rings (SSSR count). The maximum atomic E-state index is 13.0. The first-order valence-corrected chi connectivity index (χ1v) is 13.5. The van der Waals surface area contributed by atoms with Crippen LogP contribution in [0.25, 0.3) is 0 Å². The number of rotatable bonds is 3. The van der Waals surface area contributed by atoms with Crippen molar-refractivity contribution in [3.63, 3.8) is 0 Å². The van der Waals surface area contributed by atoms with Crippen LogP contribution in [0, 0.1) is 5.92 Å². The average molecular weight is 506 g/mol. The molecule has 3 aromatic rings. The molecule has 188 valence electrons. The Labute approximate surface area is 225 Å². The molecule has 0 fully saturated rings. The molecule has 0 bridgehead atoms. The molecule has 36 heavy (non-hydrogen) atoms. The fourth-order valence-electron chi connectivity index (χ4n) is 3.47. The number of para-hydroxylation sites is 4. The van der Waals surface area contributed by atoms with E-state index in [0.717, 1.165) is 0 Å². The molecule has 1 aliphatic heterocycles. The van der Waals surface area contributed by atoms with Crippen LogP contribution in [0.15, 0.2) is 78.9 Å². The van der Waals surface area contributed by atoms with E-state index < -0.39 is 13.3 Å². The number of fused-ring (bicyclic) bond motifs is 2. The van der Waals surface area contributed by atoms with Gasteiger partial charge in [0.25, 0.3) is 0 Å². The van der Waals surface area contributed by atoms with Crippen molar-refractivity contribution < 1.29 is 52.4 Å². The molecule has 1 unspecified atom stereocenters. The Kier molecular flexibility index (Phi) is 13.0. The molecule has 0 aromatic heterocycles. The summed E-state index contributed by atoms with van der Waals surface area (Å²) >= 11 is 0. The molecule has 1 N–H and O–H groups in total. The van der Waals surface area contributed by atoms with Gasteiger partial charge in [-0.1, -0.05) is 54.6 Å². The predicted octanol–water partition coefficient (Wildman–Crippen LogP) is 0.888. The Bertz CT molecular complexity index is 1030. The Balaban J connectivity index is 0.00000109. The largest absolute Gasteiger partial charge is 1.00 e. The van der Waals surface area contributed by atoms with Crippen LogP contribution in [-0.4, -0.2) is 44.3 Å². The van der Waals surface area contributed by atoms with Gasteiger partial charge in [0.05, 0.1) is 26.4 Å². The standard InChI is InChI=1S/C25H27O6P.C2H6O.Li/c26-32(27,21-9-2-1-3-10-21)19-20-17-30-24-13-6-4-11-22(24)28-15-8-16-29-23-12-5-7-14-25(23)31-18-20;1-2-3;/h1-7,9-14,20H,8,15-19H2,(H,26,27);3H,2H2,1H3;/q;;+1/p-1. The quantitative estimate of drug-likeness (QED) is 0.416. The molecule has 1 atom stereocenters. The monoisotopic (exact) mass is 506 g/mol. The normalized spacial score (nSPS) is 15.6. The van der Waals surface area contributed by atoms with E-state index in [2.05, 4.69) is 0 Å². The minimum Gasteiger partial charge on any atom is -0.796 e. The Morgan fingerprint density at radius 2 is 1.17 bits per heavy atom. The minimum atomic E-state index is -3.85. The molecule has 3 aromatic carbocycles. The van der Waals surface area contributed by atoms with Gasteiger partial charge in [-0.3, -0.25) is 0 Å². The number of aliphatic hydroxyl groups is 1. The predicted molar refractivity (Wildman–Crippen MR) is 134 cm³/mol. The number of ether oxygens (including phenoxy) is 4. The van der Waals surface area contributed by atoms with Crippen LogP contribution >= 0.6 is 7.37 Å². The van der Waals surface area contributed by atoms with E-state index >= 15 is 0 Å². The molecule has 0 spiro atoms. The fraction of sp³-hybridized carbons (Fsp3) is 0.333. The van der Waals surface area contributed by atoms with E-state index in [1.807, 2.05) is 48.5 Å². The maximum Gasteiger partial charge on any atom is 1.00 e. The summed E-state index contributed by atoms with van der Waals surface area (Å²) in [6, 6.07) is 23.3. The van der Waals surface area contributed by atoms with Crippen LogP contribution in [0.3, 0.4) is 0 Å². The Morgan fingerprint density at radius 3 is 1.61 bits per heavy atom. The van der Waals surface area contributed by atoms with Crippen LogP contribution < -0.4 is 48.0 Å². The molecular formula is C27H32LiO7P. The van der Waals surface area contributed by atoms with E-state index in [4.69, 9.17) is 24.1 Å². The van der Waals surface area contributed by atoms with Crippen molar-refractivity contribution in [2.24, 2.45) is 5.92 Å². The molecule has 1 heterocycles. The fourth-order valence-corrected chi connectivity index (χ4v) is 5.20. The molecule has 0 saturated heterocycles. The van der Waals surface area contributed by atoms with Gasteiger partial charge in [0.1, 0.15) is 0 Å². The summed E-state index contributed by atoms with van der Waals surface area (Å²) in [6.07, 6.45) is 0.616. The second-order valence-corrected chi connectivity index (χ2v) is 10.2. The summed E-state index contributed by atoms with van der Waals surface area (Å²) < 4.78 is 36.8. The first kappa shape index (κ1) is 29.8. The van der Waals surface area contributed by atoms with Gasteiger partial charge < -0.3 is 33.5 Å². The van der Waals surface area contributed by atoms with Gasteiger partial charge >= 0.3 is 18.9 Å². The molecule has 0 aliphatic carbocycles. The number of hydrogen-bond donors (Lipinski definition) is 1. The molecular weight excluding hydrogens is 474 g/mol. The van der Waals surface area contributed by atoms with Crippen LogP contribution in [0.2, 0.25) is 0 Å². The zero-order valence-corrected chi connectivity index (χ0v) is 21.8. The van der Waals surface area contributed by atoms with Crippen LogP contribution in [0.5, 0.6) is 23.0 Å². The zero-order valence-electron chi connectivity index (χ0n) is 20.9. The van der Waals surface area contributed by atoms with Gasteiger partial charge in [0.2, 0.25) is 0 Å². The summed E-state index contributed by atoms with van der Waals surface area (Å²) in [7, 11) is -3.85. The minimum absolute atomic E-state index is 0. The van der Waals surface area contributed by atoms with Crippen LogP contribution in [0.1, 0.15) is 13.3 Å². The summed E-state index contributed by atoms with van der Waals surface area (Å²) in [6.45, 7) is 3.21. The number of aliphatic hydroxyl groups excluding tert-OH is 1. The zero-order chi connectivity index (χ0) is 24.9. The third-order valence-electron chi connectivity index (χ3n) is 5.10. The van der Waals surface area contributed by atoms with E-state index in [9.17, 15) is 9.46 Å². The first-order chi connectivity index (χ1) is 17.0.